The summed E-state index contributed by atoms with van der Waals surface area (Å²) in [6.07, 6.45) is 0. The molecule has 2 heterocycles. The zero-order valence-corrected chi connectivity index (χ0v) is 40.2. The monoisotopic (exact) mass is 832 g/mol. The van der Waals surface area contributed by atoms with Gasteiger partial charge in [-0.1, -0.05) is 67.3 Å². The van der Waals surface area contributed by atoms with Crippen molar-refractivity contribution in [1.29, 1.82) is 0 Å². The summed E-state index contributed by atoms with van der Waals surface area (Å²) in [6, 6.07) is 9.26. The fraction of sp³-hybridized carbons (Fsp3) is 0.698. The van der Waals surface area contributed by atoms with Crippen molar-refractivity contribution < 1.29 is 76.9 Å². The molecule has 10 nitrogen and oxygen atoms in total. The minimum absolute atomic E-state index is 0. The number of rotatable bonds is 3. The van der Waals surface area contributed by atoms with Crippen molar-refractivity contribution in [1.82, 2.24) is 0 Å². The van der Waals surface area contributed by atoms with Gasteiger partial charge in [0.25, 0.3) is 0 Å². The Bertz CT molecular complexity index is 1150. The van der Waals surface area contributed by atoms with Crippen molar-refractivity contribution in [2.24, 2.45) is 5.41 Å². The van der Waals surface area contributed by atoms with Crippen LogP contribution < -0.4 is 40.2 Å². The summed E-state index contributed by atoms with van der Waals surface area (Å²) in [5, 5.41) is 4.52. The van der Waals surface area contributed by atoms with E-state index in [2.05, 4.69) is 86.6 Å². The number of hydrogen-bond donors (Lipinski definition) is 0. The van der Waals surface area contributed by atoms with Gasteiger partial charge < -0.3 is 55.9 Å². The molecule has 2 aromatic rings. The molecule has 314 valence electrons. The van der Waals surface area contributed by atoms with E-state index in [-0.39, 0.29) is 35.0 Å². The summed E-state index contributed by atoms with van der Waals surface area (Å²) in [6.45, 7) is 32.6. The Kier molecular flexibility index (Phi) is 32.0. The molecule has 56 heavy (non-hydrogen) atoms. The molecule has 0 radical (unpaired) electrons. The van der Waals surface area contributed by atoms with Crippen LogP contribution in [0.15, 0.2) is 24.3 Å². The summed E-state index contributed by atoms with van der Waals surface area (Å²) in [5.41, 5.74) is 8.53. The molecule has 13 heteroatoms. The van der Waals surface area contributed by atoms with Crippen molar-refractivity contribution in [2.45, 2.75) is 62.3 Å². The average Bonchev–Trinajstić information content (AvgIpc) is 3.14. The molecule has 0 atom stereocenters. The Labute approximate surface area is 364 Å². The topological polar surface area (TPSA) is 92.3 Å². The molecule has 2 fully saturated rings. The Morgan fingerprint density at radius 1 is 0.411 bits per heavy atom. The first kappa shape index (κ1) is 53.7. The second kappa shape index (κ2) is 33.4. The summed E-state index contributed by atoms with van der Waals surface area (Å²) < 4.78 is 52.8. The summed E-state index contributed by atoms with van der Waals surface area (Å²) in [7, 11) is 2.74. The molecule has 2 aromatic carbocycles. The third kappa shape index (κ3) is 26.0. The van der Waals surface area contributed by atoms with Crippen LogP contribution in [-0.2, 0) is 47.4 Å². The van der Waals surface area contributed by atoms with Crippen LogP contribution >= 0.6 is 16.8 Å². The molecule has 0 N–H and O–H groups in total. The Morgan fingerprint density at radius 3 is 0.839 bits per heavy atom. The summed E-state index contributed by atoms with van der Waals surface area (Å²) >= 11 is 0. The molecule has 0 aliphatic carbocycles. The van der Waals surface area contributed by atoms with Crippen LogP contribution in [0.3, 0.4) is 0 Å². The zero-order chi connectivity index (χ0) is 40.2. The van der Waals surface area contributed by atoms with Crippen LogP contribution in [0.1, 0.15) is 54.2 Å². The van der Waals surface area contributed by atoms with Crippen molar-refractivity contribution in [3.05, 3.63) is 57.6 Å². The first-order chi connectivity index (χ1) is 26.5. The Morgan fingerprint density at radius 2 is 0.625 bits per heavy atom. The van der Waals surface area contributed by atoms with Crippen LogP contribution in [0, 0.1) is 47.0 Å². The molecular weight excluding hydrogens is 761 g/mol. The third-order valence-electron chi connectivity index (χ3n) is 8.10. The molecule has 2 aliphatic heterocycles. The van der Waals surface area contributed by atoms with Gasteiger partial charge in [-0.15, -0.1) is 8.20 Å². The van der Waals surface area contributed by atoms with E-state index in [0.29, 0.717) is 132 Å². The van der Waals surface area contributed by atoms with Gasteiger partial charge in [0, 0.05) is 5.30 Å². The van der Waals surface area contributed by atoms with Crippen LogP contribution in [0.5, 0.6) is 0 Å². The number of aryl methyl sites for hydroxylation is 6. The third-order valence-corrected chi connectivity index (χ3v) is 12.3. The molecule has 2 aliphatic rings. The first-order valence-electron chi connectivity index (χ1n) is 19.7. The molecule has 0 spiro atoms. The van der Waals surface area contributed by atoms with Crippen LogP contribution in [-0.4, -0.2) is 137 Å². The number of benzene rings is 2. The maximum absolute atomic E-state index is 5.28. The van der Waals surface area contributed by atoms with Gasteiger partial charge in [0.15, 0.2) is 0 Å². The zero-order valence-electron chi connectivity index (χ0n) is 36.4. The molecular formula is C43H71NaO10P2. The van der Waals surface area contributed by atoms with E-state index in [1.165, 1.54) is 60.8 Å². The van der Waals surface area contributed by atoms with E-state index < -0.39 is 0 Å². The first-order valence-corrected chi connectivity index (χ1v) is 21.5. The summed E-state index contributed by atoms with van der Waals surface area (Å²) in [4.78, 5) is 0. The van der Waals surface area contributed by atoms with Crippen LogP contribution in [0.25, 0.3) is 0 Å². The molecule has 0 bridgehead atoms. The number of ether oxygens (including phenoxy) is 10. The Hall–Kier alpha value is -0.360. The molecule has 0 saturated carbocycles. The molecule has 0 amide bonds. The van der Waals surface area contributed by atoms with Crippen LogP contribution in [0.4, 0.5) is 0 Å². The number of hydrogen-bond acceptors (Lipinski definition) is 10. The molecule has 2 saturated heterocycles. The van der Waals surface area contributed by atoms with Gasteiger partial charge in [-0.25, -0.2) is 0 Å². The second-order valence-electron chi connectivity index (χ2n) is 14.4. The van der Waals surface area contributed by atoms with Crippen LogP contribution in [0.2, 0.25) is 0 Å². The molecule has 0 aromatic heterocycles. The molecule has 4 rings (SSSR count). The van der Waals surface area contributed by atoms with Gasteiger partial charge >= 0.3 is 29.6 Å². The van der Waals surface area contributed by atoms with Gasteiger partial charge in [0.1, 0.15) is 0 Å². The summed E-state index contributed by atoms with van der Waals surface area (Å²) in [5.74, 6) is 0. The quantitative estimate of drug-likeness (QED) is 0.337. The van der Waals surface area contributed by atoms with E-state index in [9.17, 15) is 0 Å². The van der Waals surface area contributed by atoms with E-state index >= 15 is 0 Å². The van der Waals surface area contributed by atoms with Crippen molar-refractivity contribution in [2.75, 3.05) is 132 Å². The average molecular weight is 833 g/mol. The largest absolute Gasteiger partial charge is 1.00 e. The second-order valence-corrected chi connectivity index (χ2v) is 17.0. The van der Waals surface area contributed by atoms with E-state index in [1.807, 2.05) is 0 Å². The van der Waals surface area contributed by atoms with E-state index in [1.54, 1.807) is 5.03 Å². The SMILES string of the molecule is C1COCCOCCOCCOCCO1.C1COCCOCCOCCOCCO1.Cc1cc(C)c(P=C([P-]c2c(C)cc(C)cc2C)C(C)(C)C)c(C)c1.[Na+]. The van der Waals surface area contributed by atoms with Crippen molar-refractivity contribution >= 4 is 32.4 Å². The standard InChI is InChI=1S/C23H31P2.2C10H20O5.Na/c1-14-10-16(3)20(17(4)11-14)24-22(23(7,8)9)25-21-18(5)12-15(2)13-19(21)6;2*1-2-12-5-6-14-9-10-15-8-7-13-4-3-11-1;/h10-13H,1-9H3;2*1-10H2;/q-1;;;+1. The minimum atomic E-state index is 0. The minimum Gasteiger partial charge on any atom is -0.471 e. The maximum atomic E-state index is 5.28. The fourth-order valence-electron chi connectivity index (χ4n) is 5.47. The van der Waals surface area contributed by atoms with Gasteiger partial charge in [-0.05, 0) is 58.1 Å². The Balaban J connectivity index is 0.000000440. The fourth-order valence-corrected chi connectivity index (χ4v) is 8.33. The van der Waals surface area contributed by atoms with Crippen molar-refractivity contribution in [3.63, 3.8) is 0 Å². The predicted molar refractivity (Wildman–Crippen MR) is 227 cm³/mol. The van der Waals surface area contributed by atoms with Gasteiger partial charge in [-0.3, -0.25) is 0 Å². The maximum Gasteiger partial charge on any atom is 1.00 e. The smallest absolute Gasteiger partial charge is 0.471 e. The normalized spacial score (nSPS) is 18.7. The van der Waals surface area contributed by atoms with Gasteiger partial charge in [-0.2, -0.15) is 10.3 Å². The predicted octanol–water partition coefficient (Wildman–Crippen LogP) is 3.73. The van der Waals surface area contributed by atoms with Gasteiger partial charge in [0.2, 0.25) is 0 Å². The van der Waals surface area contributed by atoms with Gasteiger partial charge in [0.05, 0.1) is 132 Å². The molecule has 0 unspecified atom stereocenters. The van der Waals surface area contributed by atoms with E-state index in [0.717, 1.165) is 0 Å². The van der Waals surface area contributed by atoms with Crippen molar-refractivity contribution in [3.8, 4) is 0 Å². The van der Waals surface area contributed by atoms with E-state index in [4.69, 9.17) is 47.4 Å².